The van der Waals surface area contributed by atoms with Crippen molar-refractivity contribution in [2.45, 2.75) is 46.0 Å². The Kier molecular flexibility index (Phi) is 3.92. The minimum Gasteiger partial charge on any atom is -0.365 e. The molecule has 0 saturated heterocycles. The third kappa shape index (κ3) is 2.40. The van der Waals surface area contributed by atoms with Gasteiger partial charge in [0, 0.05) is 11.9 Å². The zero-order valence-corrected chi connectivity index (χ0v) is 8.19. The maximum absolute atomic E-state index is 3.33. The molecule has 0 spiro atoms. The Morgan fingerprint density at radius 2 is 2.00 bits per heavy atom. The lowest BCUT2D eigenvalue weighted by Gasteiger charge is -2.00. The van der Waals surface area contributed by atoms with Crippen molar-refractivity contribution in [2.24, 2.45) is 0 Å². The van der Waals surface area contributed by atoms with Crippen LogP contribution in [-0.4, -0.2) is 4.98 Å². The van der Waals surface area contributed by atoms with Gasteiger partial charge in [0.2, 0.25) is 0 Å². The summed E-state index contributed by atoms with van der Waals surface area (Å²) in [5.74, 6) is 0. The van der Waals surface area contributed by atoms with Gasteiger partial charge in [-0.25, -0.2) is 0 Å². The fraction of sp³-hybridized carbons (Fsp3) is 0.636. The Labute approximate surface area is 75.2 Å². The lowest BCUT2D eigenvalue weighted by molar-refractivity contribution is 0.767. The summed E-state index contributed by atoms with van der Waals surface area (Å²) in [6.45, 7) is 4.47. The summed E-state index contributed by atoms with van der Waals surface area (Å²) >= 11 is 0. The van der Waals surface area contributed by atoms with E-state index in [0.29, 0.717) is 0 Å². The van der Waals surface area contributed by atoms with Crippen molar-refractivity contribution in [3.05, 3.63) is 23.5 Å². The molecule has 68 valence electrons. The first-order valence-electron chi connectivity index (χ1n) is 5.03. The van der Waals surface area contributed by atoms with E-state index in [1.165, 1.54) is 43.4 Å². The lowest BCUT2D eigenvalue weighted by atomic mass is 10.1. The minimum atomic E-state index is 1.22. The highest BCUT2D eigenvalue weighted by atomic mass is 14.7. The van der Waals surface area contributed by atoms with E-state index in [0.717, 1.165) is 0 Å². The van der Waals surface area contributed by atoms with Gasteiger partial charge in [-0.15, -0.1) is 0 Å². The van der Waals surface area contributed by atoms with Crippen LogP contribution in [0.4, 0.5) is 0 Å². The molecule has 1 heterocycles. The highest BCUT2D eigenvalue weighted by molar-refractivity contribution is 5.20. The number of aromatic amines is 1. The van der Waals surface area contributed by atoms with Gasteiger partial charge in [-0.2, -0.15) is 0 Å². The highest BCUT2D eigenvalue weighted by Gasteiger charge is 2.00. The first-order chi connectivity index (χ1) is 5.88. The second kappa shape index (κ2) is 5.02. The molecule has 0 fully saturated rings. The summed E-state index contributed by atoms with van der Waals surface area (Å²) in [7, 11) is 0. The standard InChI is InChI=1S/C11H19N/c1-3-5-7-11-10(6-4-2)8-9-12-11/h8-9,12H,3-7H2,1-2H3. The number of aryl methyl sites for hydroxylation is 2. The lowest BCUT2D eigenvalue weighted by Crippen LogP contribution is -1.91. The number of aromatic nitrogens is 1. The fourth-order valence-corrected chi connectivity index (χ4v) is 1.53. The minimum absolute atomic E-state index is 1.22. The van der Waals surface area contributed by atoms with Crippen LogP contribution in [0.25, 0.3) is 0 Å². The summed E-state index contributed by atoms with van der Waals surface area (Å²) in [6.07, 6.45) is 8.34. The Morgan fingerprint density at radius 3 is 2.67 bits per heavy atom. The molecule has 0 aliphatic carbocycles. The summed E-state index contributed by atoms with van der Waals surface area (Å²) in [5, 5.41) is 0. The average Bonchev–Trinajstić information content (AvgIpc) is 2.50. The molecule has 0 aromatic carbocycles. The van der Waals surface area contributed by atoms with Gasteiger partial charge in [0.15, 0.2) is 0 Å². The molecule has 12 heavy (non-hydrogen) atoms. The second-order valence-electron chi connectivity index (χ2n) is 3.34. The maximum atomic E-state index is 3.33. The zero-order valence-electron chi connectivity index (χ0n) is 8.19. The summed E-state index contributed by atoms with van der Waals surface area (Å²) in [6, 6.07) is 2.22. The van der Waals surface area contributed by atoms with Crippen LogP contribution in [0.15, 0.2) is 12.3 Å². The van der Waals surface area contributed by atoms with Gasteiger partial charge in [0.05, 0.1) is 0 Å². The van der Waals surface area contributed by atoms with Crippen molar-refractivity contribution in [3.8, 4) is 0 Å². The van der Waals surface area contributed by atoms with E-state index < -0.39 is 0 Å². The Hall–Kier alpha value is -0.720. The van der Waals surface area contributed by atoms with E-state index in [2.05, 4.69) is 31.1 Å². The number of rotatable bonds is 5. The topological polar surface area (TPSA) is 15.8 Å². The van der Waals surface area contributed by atoms with Crippen molar-refractivity contribution in [1.82, 2.24) is 4.98 Å². The number of nitrogens with one attached hydrogen (secondary N) is 1. The van der Waals surface area contributed by atoms with Gasteiger partial charge in [-0.3, -0.25) is 0 Å². The van der Waals surface area contributed by atoms with Gasteiger partial charge in [-0.05, 0) is 30.9 Å². The molecule has 0 bridgehead atoms. The number of unbranched alkanes of at least 4 members (excludes halogenated alkanes) is 1. The number of hydrogen-bond acceptors (Lipinski definition) is 0. The quantitative estimate of drug-likeness (QED) is 0.689. The van der Waals surface area contributed by atoms with Gasteiger partial charge < -0.3 is 4.98 Å². The van der Waals surface area contributed by atoms with Crippen molar-refractivity contribution >= 4 is 0 Å². The van der Waals surface area contributed by atoms with E-state index >= 15 is 0 Å². The molecule has 0 unspecified atom stereocenters. The normalized spacial score (nSPS) is 10.5. The van der Waals surface area contributed by atoms with Crippen LogP contribution < -0.4 is 0 Å². The van der Waals surface area contributed by atoms with Crippen LogP contribution in [0.5, 0.6) is 0 Å². The van der Waals surface area contributed by atoms with Crippen LogP contribution in [0.1, 0.15) is 44.4 Å². The largest absolute Gasteiger partial charge is 0.365 e. The molecular formula is C11H19N. The molecular weight excluding hydrogens is 146 g/mol. The zero-order chi connectivity index (χ0) is 8.81. The molecule has 0 atom stereocenters. The molecule has 1 rings (SSSR count). The third-order valence-electron chi connectivity index (χ3n) is 2.23. The van der Waals surface area contributed by atoms with Gasteiger partial charge in [0.1, 0.15) is 0 Å². The summed E-state index contributed by atoms with van der Waals surface area (Å²) in [5.41, 5.74) is 2.98. The first-order valence-corrected chi connectivity index (χ1v) is 5.03. The van der Waals surface area contributed by atoms with Crippen LogP contribution in [-0.2, 0) is 12.8 Å². The Bertz CT molecular complexity index is 213. The van der Waals surface area contributed by atoms with Crippen molar-refractivity contribution in [2.75, 3.05) is 0 Å². The van der Waals surface area contributed by atoms with Crippen LogP contribution >= 0.6 is 0 Å². The molecule has 0 saturated carbocycles. The SMILES string of the molecule is CCCCc1[nH]ccc1CCC. The van der Waals surface area contributed by atoms with Crippen LogP contribution in [0.3, 0.4) is 0 Å². The number of H-pyrrole nitrogens is 1. The van der Waals surface area contributed by atoms with Crippen molar-refractivity contribution in [3.63, 3.8) is 0 Å². The van der Waals surface area contributed by atoms with Crippen LogP contribution in [0.2, 0.25) is 0 Å². The molecule has 1 heteroatoms. The Morgan fingerprint density at radius 1 is 1.17 bits per heavy atom. The monoisotopic (exact) mass is 165 g/mol. The summed E-state index contributed by atoms with van der Waals surface area (Å²) < 4.78 is 0. The van der Waals surface area contributed by atoms with E-state index in [1.807, 2.05) is 0 Å². The molecule has 1 aromatic rings. The molecule has 0 amide bonds. The van der Waals surface area contributed by atoms with Gasteiger partial charge >= 0.3 is 0 Å². The van der Waals surface area contributed by atoms with Crippen molar-refractivity contribution < 1.29 is 0 Å². The van der Waals surface area contributed by atoms with E-state index in [1.54, 1.807) is 0 Å². The fourth-order valence-electron chi connectivity index (χ4n) is 1.53. The predicted molar refractivity (Wildman–Crippen MR) is 53.4 cm³/mol. The van der Waals surface area contributed by atoms with E-state index in [9.17, 15) is 0 Å². The third-order valence-corrected chi connectivity index (χ3v) is 2.23. The predicted octanol–water partition coefficient (Wildman–Crippen LogP) is 3.31. The van der Waals surface area contributed by atoms with Gasteiger partial charge in [0.25, 0.3) is 0 Å². The number of hydrogen-bond donors (Lipinski definition) is 1. The molecule has 0 aliphatic rings. The second-order valence-corrected chi connectivity index (χ2v) is 3.34. The first kappa shape index (κ1) is 9.37. The molecule has 1 nitrogen and oxygen atoms in total. The van der Waals surface area contributed by atoms with E-state index in [-0.39, 0.29) is 0 Å². The average molecular weight is 165 g/mol. The Balaban J connectivity index is 2.51. The summed E-state index contributed by atoms with van der Waals surface area (Å²) in [4.78, 5) is 3.33. The smallest absolute Gasteiger partial charge is 0.0179 e. The molecule has 0 radical (unpaired) electrons. The van der Waals surface area contributed by atoms with E-state index in [4.69, 9.17) is 0 Å². The molecule has 1 N–H and O–H groups in total. The molecule has 1 aromatic heterocycles. The van der Waals surface area contributed by atoms with Gasteiger partial charge in [-0.1, -0.05) is 26.7 Å². The molecule has 0 aliphatic heterocycles. The maximum Gasteiger partial charge on any atom is 0.0179 e. The van der Waals surface area contributed by atoms with Crippen LogP contribution in [0, 0.1) is 0 Å². The van der Waals surface area contributed by atoms with Crippen molar-refractivity contribution in [1.29, 1.82) is 0 Å². The highest BCUT2D eigenvalue weighted by Crippen LogP contribution is 2.11.